The normalized spacial score (nSPS) is 14.8. The first-order valence-electron chi connectivity index (χ1n) is 10.5. The predicted molar refractivity (Wildman–Crippen MR) is 131 cm³/mol. The van der Waals surface area contributed by atoms with Gasteiger partial charge in [-0.2, -0.15) is 0 Å². The fourth-order valence-corrected chi connectivity index (χ4v) is 4.01. The van der Waals surface area contributed by atoms with Gasteiger partial charge in [-0.1, -0.05) is 12.1 Å². The van der Waals surface area contributed by atoms with Crippen LogP contribution in [-0.2, 0) is 19.1 Å². The van der Waals surface area contributed by atoms with Crippen molar-refractivity contribution in [3.05, 3.63) is 68.3 Å². The Morgan fingerprint density at radius 3 is 1.84 bits per heavy atom. The molecule has 2 aromatic rings. The van der Waals surface area contributed by atoms with Crippen molar-refractivity contribution in [2.45, 2.75) is 59.7 Å². The summed E-state index contributed by atoms with van der Waals surface area (Å²) in [6.45, 7) is 10.7. The Hall–Kier alpha value is -2.55. The molecule has 1 aliphatic rings. The van der Waals surface area contributed by atoms with E-state index in [0.717, 1.165) is 9.13 Å². The molecule has 0 saturated carbocycles. The Labute approximate surface area is 202 Å². The minimum atomic E-state index is -0.744. The first kappa shape index (κ1) is 24.1. The molecule has 0 atom stereocenters. The van der Waals surface area contributed by atoms with Gasteiger partial charge in [0, 0.05) is 20.5 Å². The Balaban J connectivity index is 2.11. The number of hydrogen-bond acceptors (Lipinski definition) is 6. The Bertz CT molecular complexity index is 1030. The number of ether oxygens (including phenoxy) is 2. The highest BCUT2D eigenvalue weighted by molar-refractivity contribution is 14.1. The summed E-state index contributed by atoms with van der Waals surface area (Å²) in [6.07, 6.45) is -0.610. The molecule has 1 aromatic carbocycles. The molecule has 32 heavy (non-hydrogen) atoms. The summed E-state index contributed by atoms with van der Waals surface area (Å²) in [7, 11) is 0. The van der Waals surface area contributed by atoms with Gasteiger partial charge < -0.3 is 19.2 Å². The van der Waals surface area contributed by atoms with Crippen LogP contribution in [0.4, 0.5) is 0 Å². The highest BCUT2D eigenvalue weighted by Gasteiger charge is 2.40. The molecular weight excluding hydrogens is 521 g/mol. The monoisotopic (exact) mass is 549 g/mol. The summed E-state index contributed by atoms with van der Waals surface area (Å²) in [4.78, 5) is 26.2. The van der Waals surface area contributed by atoms with Crippen molar-refractivity contribution < 1.29 is 23.5 Å². The number of furan rings is 1. The lowest BCUT2D eigenvalue weighted by Gasteiger charge is -2.29. The van der Waals surface area contributed by atoms with Crippen molar-refractivity contribution in [2.75, 3.05) is 0 Å². The molecule has 0 fully saturated rings. The van der Waals surface area contributed by atoms with Gasteiger partial charge in [0.25, 0.3) is 0 Å². The quantitative estimate of drug-likeness (QED) is 0.369. The number of benzene rings is 1. The van der Waals surface area contributed by atoms with Gasteiger partial charge in [-0.15, -0.1) is 0 Å². The number of allylic oxidation sites excluding steroid dienone is 2. The lowest BCUT2D eigenvalue weighted by molar-refractivity contribution is -0.143. The SMILES string of the molecule is CC1=C(C(=O)OC(C)C)C(c2ccc(-c3ccc(I)cc3)o2)C(C(=O)OC(C)C)=C(C)N1. The van der Waals surface area contributed by atoms with Crippen molar-refractivity contribution in [2.24, 2.45) is 0 Å². The summed E-state index contributed by atoms with van der Waals surface area (Å²) in [5.41, 5.74) is 2.81. The number of nitrogens with one attached hydrogen (secondary N) is 1. The van der Waals surface area contributed by atoms with Gasteiger partial charge in [-0.3, -0.25) is 0 Å². The van der Waals surface area contributed by atoms with Crippen LogP contribution in [-0.4, -0.2) is 24.1 Å². The zero-order chi connectivity index (χ0) is 23.6. The molecule has 0 amide bonds. The average Bonchev–Trinajstić information content (AvgIpc) is 3.16. The van der Waals surface area contributed by atoms with Gasteiger partial charge in [-0.05, 0) is 88.4 Å². The van der Waals surface area contributed by atoms with Gasteiger partial charge >= 0.3 is 11.9 Å². The molecule has 0 bridgehead atoms. The Morgan fingerprint density at radius 2 is 1.38 bits per heavy atom. The van der Waals surface area contributed by atoms with Crippen molar-refractivity contribution in [3.63, 3.8) is 0 Å². The van der Waals surface area contributed by atoms with E-state index in [1.165, 1.54) is 0 Å². The zero-order valence-corrected chi connectivity index (χ0v) is 21.3. The molecular formula is C25H28INO5. The molecule has 7 heteroatoms. The average molecular weight is 549 g/mol. The molecule has 0 unspecified atom stereocenters. The summed E-state index contributed by atoms with van der Waals surface area (Å²) >= 11 is 2.25. The summed E-state index contributed by atoms with van der Waals surface area (Å²) in [6, 6.07) is 11.6. The smallest absolute Gasteiger partial charge is 0.337 e. The van der Waals surface area contributed by atoms with Crippen LogP contribution in [0.3, 0.4) is 0 Å². The highest BCUT2D eigenvalue weighted by Crippen LogP contribution is 2.41. The fraction of sp³-hybridized carbons (Fsp3) is 0.360. The van der Waals surface area contributed by atoms with E-state index in [0.29, 0.717) is 34.1 Å². The van der Waals surface area contributed by atoms with E-state index in [9.17, 15) is 9.59 Å². The highest BCUT2D eigenvalue weighted by atomic mass is 127. The molecule has 0 saturated heterocycles. The van der Waals surface area contributed by atoms with E-state index in [1.54, 1.807) is 47.6 Å². The van der Waals surface area contributed by atoms with Crippen molar-refractivity contribution in [1.29, 1.82) is 0 Å². The predicted octanol–water partition coefficient (Wildman–Crippen LogP) is 5.69. The first-order valence-corrected chi connectivity index (χ1v) is 11.6. The molecule has 6 nitrogen and oxygen atoms in total. The van der Waals surface area contributed by atoms with Gasteiger partial charge in [0.2, 0.25) is 0 Å². The molecule has 3 rings (SSSR count). The van der Waals surface area contributed by atoms with Crippen LogP contribution in [0.2, 0.25) is 0 Å². The number of dihydropyridines is 1. The number of carbonyl (C=O) groups is 2. The Morgan fingerprint density at radius 1 is 0.875 bits per heavy atom. The topological polar surface area (TPSA) is 77.8 Å². The van der Waals surface area contributed by atoms with E-state index in [4.69, 9.17) is 13.9 Å². The van der Waals surface area contributed by atoms with Crippen LogP contribution >= 0.6 is 22.6 Å². The molecule has 0 spiro atoms. The van der Waals surface area contributed by atoms with Crippen LogP contribution in [0.15, 0.2) is 63.4 Å². The maximum Gasteiger partial charge on any atom is 0.337 e. The summed E-state index contributed by atoms with van der Waals surface area (Å²) in [5.74, 6) is -0.607. The van der Waals surface area contributed by atoms with E-state index < -0.39 is 17.9 Å². The van der Waals surface area contributed by atoms with Crippen LogP contribution in [0, 0.1) is 3.57 Å². The maximum absolute atomic E-state index is 13.1. The molecule has 0 radical (unpaired) electrons. The van der Waals surface area contributed by atoms with E-state index in [-0.39, 0.29) is 12.2 Å². The third-order valence-electron chi connectivity index (χ3n) is 4.93. The third kappa shape index (κ3) is 5.26. The van der Waals surface area contributed by atoms with E-state index in [1.807, 2.05) is 30.3 Å². The maximum atomic E-state index is 13.1. The van der Waals surface area contributed by atoms with Gasteiger partial charge in [0.05, 0.1) is 29.3 Å². The molecule has 1 N–H and O–H groups in total. The number of carbonyl (C=O) groups excluding carboxylic acids is 2. The van der Waals surface area contributed by atoms with Crippen LogP contribution in [0.25, 0.3) is 11.3 Å². The molecule has 1 aromatic heterocycles. The number of rotatable bonds is 6. The second-order valence-corrected chi connectivity index (χ2v) is 9.50. The van der Waals surface area contributed by atoms with Crippen LogP contribution < -0.4 is 5.32 Å². The minimum Gasteiger partial charge on any atom is -0.460 e. The second-order valence-electron chi connectivity index (χ2n) is 8.25. The van der Waals surface area contributed by atoms with E-state index in [2.05, 4.69) is 27.9 Å². The molecule has 2 heterocycles. The largest absolute Gasteiger partial charge is 0.460 e. The van der Waals surface area contributed by atoms with Crippen molar-refractivity contribution in [1.82, 2.24) is 5.32 Å². The summed E-state index contributed by atoms with van der Waals surface area (Å²) < 4.78 is 18.3. The van der Waals surface area contributed by atoms with Crippen LogP contribution in [0.1, 0.15) is 53.2 Å². The number of halogens is 1. The molecule has 170 valence electrons. The molecule has 1 aliphatic heterocycles. The van der Waals surface area contributed by atoms with Gasteiger partial charge in [0.15, 0.2) is 0 Å². The van der Waals surface area contributed by atoms with Crippen molar-refractivity contribution in [3.8, 4) is 11.3 Å². The Kier molecular flexibility index (Phi) is 7.48. The van der Waals surface area contributed by atoms with Crippen LogP contribution in [0.5, 0.6) is 0 Å². The number of esters is 2. The summed E-state index contributed by atoms with van der Waals surface area (Å²) in [5, 5.41) is 3.15. The third-order valence-corrected chi connectivity index (χ3v) is 5.64. The lowest BCUT2D eigenvalue weighted by Crippen LogP contribution is -2.33. The van der Waals surface area contributed by atoms with Gasteiger partial charge in [-0.25, -0.2) is 9.59 Å². The first-order chi connectivity index (χ1) is 15.1. The van der Waals surface area contributed by atoms with E-state index >= 15 is 0 Å². The zero-order valence-electron chi connectivity index (χ0n) is 19.1. The fourth-order valence-electron chi connectivity index (χ4n) is 3.65. The standard InChI is InChI=1S/C25H28INO5/c1-13(2)30-24(28)21-15(5)27-16(6)22(25(29)31-14(3)4)23(21)20-12-11-19(32-20)17-7-9-18(26)10-8-17/h7-14,23,27H,1-6H3. The minimum absolute atomic E-state index is 0.305. The van der Waals surface area contributed by atoms with Gasteiger partial charge in [0.1, 0.15) is 11.5 Å². The second kappa shape index (κ2) is 9.94. The molecule has 0 aliphatic carbocycles. The lowest BCUT2D eigenvalue weighted by atomic mass is 9.83. The number of hydrogen-bond donors (Lipinski definition) is 1. The van der Waals surface area contributed by atoms with Crippen molar-refractivity contribution >= 4 is 34.5 Å².